The number of hydrogen-bond donors (Lipinski definition) is 0. The molecule has 0 spiro atoms. The van der Waals surface area contributed by atoms with Gasteiger partial charge in [-0.3, -0.25) is 9.58 Å². The summed E-state index contributed by atoms with van der Waals surface area (Å²) >= 11 is 0. The van der Waals surface area contributed by atoms with E-state index in [-0.39, 0.29) is 6.04 Å². The summed E-state index contributed by atoms with van der Waals surface area (Å²) in [6, 6.07) is 2.39. The lowest BCUT2D eigenvalue weighted by Crippen LogP contribution is -2.37. The van der Waals surface area contributed by atoms with E-state index in [1.165, 1.54) is 5.69 Å². The molecule has 22 heavy (non-hydrogen) atoms. The summed E-state index contributed by atoms with van der Waals surface area (Å²) in [5.41, 5.74) is 2.29. The minimum atomic E-state index is 0.242. The summed E-state index contributed by atoms with van der Waals surface area (Å²) in [4.78, 5) is 2.42. The van der Waals surface area contributed by atoms with Crippen molar-refractivity contribution in [1.29, 1.82) is 0 Å². The number of fused-ring (bicyclic) bond motifs is 1. The topological polar surface area (TPSA) is 61.0 Å². The first-order chi connectivity index (χ1) is 10.6. The van der Waals surface area contributed by atoms with Gasteiger partial charge in [-0.1, -0.05) is 0 Å². The number of aryl methyl sites for hydroxylation is 2. The maximum Gasteiger partial charge on any atom is 0.159 e. The van der Waals surface area contributed by atoms with Gasteiger partial charge < -0.3 is 9.30 Å². The molecule has 1 aliphatic heterocycles. The van der Waals surface area contributed by atoms with Crippen LogP contribution in [0, 0.1) is 6.92 Å². The Kier molecular flexibility index (Phi) is 4.26. The summed E-state index contributed by atoms with van der Waals surface area (Å²) in [5.74, 6) is 1.96. The molecule has 7 nitrogen and oxygen atoms in total. The maximum atomic E-state index is 5.47. The van der Waals surface area contributed by atoms with Gasteiger partial charge in [0.15, 0.2) is 5.82 Å². The molecular weight excluding hydrogens is 280 g/mol. The Morgan fingerprint density at radius 1 is 1.32 bits per heavy atom. The van der Waals surface area contributed by atoms with Crippen LogP contribution in [0.25, 0.3) is 0 Å². The standard InChI is InChI=1S/C15H24N6O/c1-5-22-10-14-16-17-15-12(3)20(6-7-21(14)15)9-13-8-11(2)18-19(13)4/h8,12H,5-7,9-10H2,1-4H3. The van der Waals surface area contributed by atoms with Gasteiger partial charge in [0.2, 0.25) is 0 Å². The highest BCUT2D eigenvalue weighted by Crippen LogP contribution is 2.26. The Labute approximate surface area is 130 Å². The molecule has 3 heterocycles. The zero-order valence-electron chi connectivity index (χ0n) is 13.8. The number of rotatable bonds is 5. The summed E-state index contributed by atoms with van der Waals surface area (Å²) < 4.78 is 9.63. The molecule has 0 bridgehead atoms. The van der Waals surface area contributed by atoms with Crippen LogP contribution in [0.4, 0.5) is 0 Å². The van der Waals surface area contributed by atoms with E-state index in [0.717, 1.165) is 37.0 Å². The molecular formula is C15H24N6O. The van der Waals surface area contributed by atoms with Crippen LogP contribution in [-0.4, -0.2) is 42.6 Å². The highest BCUT2D eigenvalue weighted by atomic mass is 16.5. The van der Waals surface area contributed by atoms with Crippen LogP contribution in [0.3, 0.4) is 0 Å². The molecule has 1 unspecified atom stereocenters. The minimum absolute atomic E-state index is 0.242. The Hall–Kier alpha value is -1.73. The summed E-state index contributed by atoms with van der Waals surface area (Å²) in [5, 5.41) is 13.1. The zero-order chi connectivity index (χ0) is 15.7. The second-order valence-corrected chi connectivity index (χ2v) is 5.81. The normalized spacial score (nSPS) is 18.6. The summed E-state index contributed by atoms with van der Waals surface area (Å²) in [6.45, 7) is 10.2. The van der Waals surface area contributed by atoms with Crippen LogP contribution in [-0.2, 0) is 31.5 Å². The predicted molar refractivity (Wildman–Crippen MR) is 82.1 cm³/mol. The number of aromatic nitrogens is 5. The largest absolute Gasteiger partial charge is 0.374 e. The Morgan fingerprint density at radius 3 is 2.82 bits per heavy atom. The van der Waals surface area contributed by atoms with Crippen LogP contribution in [0.15, 0.2) is 6.07 Å². The lowest BCUT2D eigenvalue weighted by atomic mass is 10.2. The Bertz CT molecular complexity index is 646. The molecule has 0 N–H and O–H groups in total. The van der Waals surface area contributed by atoms with Gasteiger partial charge in [0.05, 0.1) is 17.4 Å². The molecule has 1 aliphatic rings. The van der Waals surface area contributed by atoms with Gasteiger partial charge in [0, 0.05) is 33.3 Å². The quantitative estimate of drug-likeness (QED) is 0.836. The number of ether oxygens (including phenoxy) is 1. The molecule has 2 aromatic rings. The van der Waals surface area contributed by atoms with Crippen molar-refractivity contribution in [2.24, 2.45) is 7.05 Å². The first kappa shape index (κ1) is 15.2. The van der Waals surface area contributed by atoms with Gasteiger partial charge in [0.25, 0.3) is 0 Å². The Morgan fingerprint density at radius 2 is 2.14 bits per heavy atom. The molecule has 7 heteroatoms. The van der Waals surface area contributed by atoms with Crippen molar-refractivity contribution in [1.82, 2.24) is 29.4 Å². The fraction of sp³-hybridized carbons (Fsp3) is 0.667. The van der Waals surface area contributed by atoms with E-state index < -0.39 is 0 Å². The molecule has 0 saturated heterocycles. The molecule has 1 atom stereocenters. The molecule has 0 saturated carbocycles. The zero-order valence-corrected chi connectivity index (χ0v) is 13.8. The molecule has 0 radical (unpaired) electrons. The highest BCUT2D eigenvalue weighted by molar-refractivity contribution is 5.10. The third-order valence-corrected chi connectivity index (χ3v) is 4.29. The predicted octanol–water partition coefficient (Wildman–Crippen LogP) is 1.43. The smallest absolute Gasteiger partial charge is 0.159 e. The van der Waals surface area contributed by atoms with E-state index in [4.69, 9.17) is 4.74 Å². The van der Waals surface area contributed by atoms with Crippen LogP contribution < -0.4 is 0 Å². The molecule has 0 fully saturated rings. The van der Waals surface area contributed by atoms with E-state index in [2.05, 4.69) is 37.8 Å². The SMILES string of the molecule is CCOCc1nnc2n1CCN(Cc1cc(C)nn1C)C2C. The average molecular weight is 304 g/mol. The lowest BCUT2D eigenvalue weighted by molar-refractivity contribution is 0.116. The molecule has 3 rings (SSSR count). The summed E-state index contributed by atoms with van der Waals surface area (Å²) in [6.07, 6.45) is 0. The average Bonchev–Trinajstić information content (AvgIpc) is 3.03. The van der Waals surface area contributed by atoms with Gasteiger partial charge >= 0.3 is 0 Å². The van der Waals surface area contributed by atoms with Gasteiger partial charge in [-0.05, 0) is 26.8 Å². The van der Waals surface area contributed by atoms with Crippen molar-refractivity contribution in [2.45, 2.75) is 46.5 Å². The van der Waals surface area contributed by atoms with Crippen LogP contribution in [0.1, 0.15) is 42.9 Å². The Balaban J connectivity index is 1.75. The monoisotopic (exact) mass is 304 g/mol. The van der Waals surface area contributed by atoms with Crippen molar-refractivity contribution in [3.8, 4) is 0 Å². The van der Waals surface area contributed by atoms with E-state index in [1.807, 2.05) is 25.6 Å². The minimum Gasteiger partial charge on any atom is -0.374 e. The van der Waals surface area contributed by atoms with Gasteiger partial charge in [-0.15, -0.1) is 10.2 Å². The van der Waals surface area contributed by atoms with Crippen molar-refractivity contribution >= 4 is 0 Å². The van der Waals surface area contributed by atoms with Crippen LogP contribution >= 0.6 is 0 Å². The molecule has 2 aromatic heterocycles. The number of nitrogens with zero attached hydrogens (tertiary/aromatic N) is 6. The molecule has 0 aliphatic carbocycles. The third kappa shape index (κ3) is 2.78. The maximum absolute atomic E-state index is 5.47. The van der Waals surface area contributed by atoms with E-state index in [0.29, 0.717) is 13.2 Å². The summed E-state index contributed by atoms with van der Waals surface area (Å²) in [7, 11) is 2.00. The van der Waals surface area contributed by atoms with E-state index in [9.17, 15) is 0 Å². The van der Waals surface area contributed by atoms with Crippen molar-refractivity contribution in [2.75, 3.05) is 13.2 Å². The van der Waals surface area contributed by atoms with Crippen molar-refractivity contribution < 1.29 is 4.74 Å². The van der Waals surface area contributed by atoms with E-state index in [1.54, 1.807) is 0 Å². The van der Waals surface area contributed by atoms with E-state index >= 15 is 0 Å². The fourth-order valence-corrected chi connectivity index (χ4v) is 3.02. The second-order valence-electron chi connectivity index (χ2n) is 5.81. The third-order valence-electron chi connectivity index (χ3n) is 4.29. The molecule has 120 valence electrons. The molecule has 0 amide bonds. The van der Waals surface area contributed by atoms with Crippen molar-refractivity contribution in [3.05, 3.63) is 29.1 Å². The van der Waals surface area contributed by atoms with Crippen LogP contribution in [0.5, 0.6) is 0 Å². The second kappa shape index (κ2) is 6.18. The van der Waals surface area contributed by atoms with Crippen LogP contribution in [0.2, 0.25) is 0 Å². The molecule has 0 aromatic carbocycles. The van der Waals surface area contributed by atoms with Gasteiger partial charge in [-0.25, -0.2) is 0 Å². The van der Waals surface area contributed by atoms with Gasteiger partial charge in [-0.2, -0.15) is 5.10 Å². The lowest BCUT2D eigenvalue weighted by Gasteiger charge is -2.33. The fourth-order valence-electron chi connectivity index (χ4n) is 3.02. The first-order valence-corrected chi connectivity index (χ1v) is 7.83. The first-order valence-electron chi connectivity index (χ1n) is 7.83. The van der Waals surface area contributed by atoms with Crippen molar-refractivity contribution in [3.63, 3.8) is 0 Å². The van der Waals surface area contributed by atoms with Gasteiger partial charge in [0.1, 0.15) is 12.4 Å². The number of hydrogen-bond acceptors (Lipinski definition) is 5. The highest BCUT2D eigenvalue weighted by Gasteiger charge is 2.28.